The van der Waals surface area contributed by atoms with E-state index in [1.165, 1.54) is 29.8 Å². The van der Waals surface area contributed by atoms with Gasteiger partial charge < -0.3 is 15.2 Å². The van der Waals surface area contributed by atoms with Crippen LogP contribution in [0.2, 0.25) is 0 Å². The Morgan fingerprint density at radius 3 is 2.60 bits per heavy atom. The number of hydrogen-bond donors (Lipinski definition) is 2. The first-order valence-electron chi connectivity index (χ1n) is 8.96. The Labute approximate surface area is 173 Å². The largest absolute Gasteiger partial charge is 0.573 e. The molecule has 2 heterocycles. The number of anilines is 1. The normalized spacial score (nSPS) is 12.7. The van der Waals surface area contributed by atoms with Crippen molar-refractivity contribution >= 4 is 27.2 Å². The highest BCUT2D eigenvalue weighted by Gasteiger charge is 2.31. The van der Waals surface area contributed by atoms with Gasteiger partial charge in [-0.3, -0.25) is 0 Å². The van der Waals surface area contributed by atoms with E-state index in [2.05, 4.69) is 20.0 Å². The van der Waals surface area contributed by atoms with Gasteiger partial charge in [-0.1, -0.05) is 30.3 Å². The molecule has 2 N–H and O–H groups in total. The van der Waals surface area contributed by atoms with E-state index in [1.54, 1.807) is 18.2 Å². The van der Waals surface area contributed by atoms with Crippen LogP contribution < -0.4 is 10.1 Å². The Bertz CT molecular complexity index is 1150. The lowest BCUT2D eigenvalue weighted by Gasteiger charge is -2.12. The van der Waals surface area contributed by atoms with Crippen LogP contribution in [0.15, 0.2) is 67.0 Å². The van der Waals surface area contributed by atoms with Gasteiger partial charge in [-0.25, -0.2) is 9.97 Å². The minimum absolute atomic E-state index is 0.265. The number of alkyl halides is 3. The van der Waals surface area contributed by atoms with Gasteiger partial charge in [-0.2, -0.15) is 0 Å². The lowest BCUT2D eigenvalue weighted by atomic mass is 10.1. The van der Waals surface area contributed by atoms with Gasteiger partial charge >= 0.3 is 6.36 Å². The third kappa shape index (κ3) is 4.87. The summed E-state index contributed by atoms with van der Waals surface area (Å²) < 4.78 is 42.1. The molecule has 0 spiro atoms. The number of hydrogen-bond acceptors (Lipinski definition) is 6. The molecule has 0 aliphatic rings. The molecule has 1 unspecified atom stereocenters. The molecule has 0 amide bonds. The molecule has 0 aliphatic carbocycles. The molecule has 5 nitrogen and oxygen atoms in total. The number of thiophene rings is 1. The van der Waals surface area contributed by atoms with E-state index in [0.717, 1.165) is 15.1 Å². The molecule has 0 bridgehead atoms. The predicted molar refractivity (Wildman–Crippen MR) is 109 cm³/mol. The average Bonchev–Trinajstić information content (AvgIpc) is 3.15. The van der Waals surface area contributed by atoms with Gasteiger partial charge in [0.2, 0.25) is 0 Å². The molecular formula is C21H16F3N3O2S. The van der Waals surface area contributed by atoms with E-state index < -0.39 is 12.5 Å². The summed E-state index contributed by atoms with van der Waals surface area (Å²) in [6.45, 7) is 0.269. The molecule has 30 heavy (non-hydrogen) atoms. The first-order valence-corrected chi connectivity index (χ1v) is 9.78. The van der Waals surface area contributed by atoms with E-state index >= 15 is 0 Å². The summed E-state index contributed by atoms with van der Waals surface area (Å²) in [6, 6.07) is 17.0. The van der Waals surface area contributed by atoms with Crippen molar-refractivity contribution in [2.75, 3.05) is 11.9 Å². The first-order chi connectivity index (χ1) is 14.4. The van der Waals surface area contributed by atoms with Crippen molar-refractivity contribution in [3.63, 3.8) is 0 Å². The molecule has 1 atom stereocenters. The van der Waals surface area contributed by atoms with Crippen LogP contribution in [0.1, 0.15) is 11.7 Å². The third-order valence-electron chi connectivity index (χ3n) is 4.30. The summed E-state index contributed by atoms with van der Waals surface area (Å²) in [5.41, 5.74) is 1.42. The van der Waals surface area contributed by atoms with Crippen LogP contribution in [0.4, 0.5) is 19.0 Å². The summed E-state index contributed by atoms with van der Waals surface area (Å²) in [4.78, 5) is 9.20. The fourth-order valence-corrected chi connectivity index (χ4v) is 3.94. The maximum absolute atomic E-state index is 12.4. The molecule has 0 radical (unpaired) electrons. The summed E-state index contributed by atoms with van der Waals surface area (Å²) in [7, 11) is 0. The van der Waals surface area contributed by atoms with Gasteiger partial charge in [0.25, 0.3) is 0 Å². The number of aliphatic hydroxyl groups is 1. The predicted octanol–water partition coefficient (Wildman–Crippen LogP) is 5.40. The Kier molecular flexibility index (Phi) is 5.56. The van der Waals surface area contributed by atoms with Crippen LogP contribution in [-0.4, -0.2) is 28.0 Å². The average molecular weight is 431 g/mol. The molecular weight excluding hydrogens is 415 g/mol. The van der Waals surface area contributed by atoms with E-state index in [0.29, 0.717) is 16.9 Å². The number of ether oxygens (including phenoxy) is 1. The molecule has 2 aromatic carbocycles. The maximum Gasteiger partial charge on any atom is 0.573 e. The number of rotatable bonds is 6. The van der Waals surface area contributed by atoms with Gasteiger partial charge in [0.15, 0.2) is 0 Å². The van der Waals surface area contributed by atoms with Gasteiger partial charge in [-0.05, 0) is 35.2 Å². The van der Waals surface area contributed by atoms with Crippen molar-refractivity contribution in [1.29, 1.82) is 0 Å². The highest BCUT2D eigenvalue weighted by molar-refractivity contribution is 7.22. The minimum Gasteiger partial charge on any atom is -0.406 e. The zero-order valence-corrected chi connectivity index (χ0v) is 16.2. The summed E-state index contributed by atoms with van der Waals surface area (Å²) in [5.74, 6) is 0.271. The van der Waals surface area contributed by atoms with Crippen molar-refractivity contribution in [2.45, 2.75) is 12.5 Å². The van der Waals surface area contributed by atoms with E-state index in [9.17, 15) is 18.3 Å². The van der Waals surface area contributed by atoms with Crippen molar-refractivity contribution in [2.24, 2.45) is 0 Å². The number of nitrogens with one attached hydrogen (secondary N) is 1. The van der Waals surface area contributed by atoms with Crippen LogP contribution in [0.25, 0.3) is 20.7 Å². The second-order valence-corrected chi connectivity index (χ2v) is 7.54. The van der Waals surface area contributed by atoms with E-state index in [1.807, 2.05) is 30.3 Å². The van der Waals surface area contributed by atoms with Crippen LogP contribution in [0, 0.1) is 0 Å². The lowest BCUT2D eigenvalue weighted by Crippen LogP contribution is -2.16. The van der Waals surface area contributed by atoms with Gasteiger partial charge in [0.05, 0.1) is 16.7 Å². The van der Waals surface area contributed by atoms with Crippen LogP contribution >= 0.6 is 11.3 Å². The molecule has 4 aromatic rings. The maximum atomic E-state index is 12.4. The zero-order chi connectivity index (χ0) is 21.1. The summed E-state index contributed by atoms with van der Waals surface area (Å²) in [6.07, 6.45) is -4.03. The Morgan fingerprint density at radius 1 is 1.03 bits per heavy atom. The summed E-state index contributed by atoms with van der Waals surface area (Å²) >= 11 is 1.40. The lowest BCUT2D eigenvalue weighted by molar-refractivity contribution is -0.274. The standard InChI is InChI=1S/C21H16F3N3O2S/c22-21(23,24)29-15-6-7-18-14(8-15)9-19(30-18)16-10-20(27-12-26-16)25-11-17(28)13-4-2-1-3-5-13/h1-10,12,17,28H,11H2,(H,25,26,27). The number of aliphatic hydroxyl groups excluding tert-OH is 1. The van der Waals surface area contributed by atoms with Crippen molar-refractivity contribution in [1.82, 2.24) is 9.97 Å². The SMILES string of the molecule is OC(CNc1cc(-c2cc3cc(OC(F)(F)F)ccc3s2)ncn1)c1ccccc1. The molecule has 0 fully saturated rings. The van der Waals surface area contributed by atoms with Crippen LogP contribution in [0.3, 0.4) is 0 Å². The van der Waals surface area contributed by atoms with Crippen molar-refractivity contribution < 1.29 is 23.0 Å². The van der Waals surface area contributed by atoms with Crippen LogP contribution in [0.5, 0.6) is 5.75 Å². The minimum atomic E-state index is -4.73. The quantitative estimate of drug-likeness (QED) is 0.428. The van der Waals surface area contributed by atoms with E-state index in [4.69, 9.17) is 0 Å². The fourth-order valence-electron chi connectivity index (χ4n) is 2.93. The number of halogens is 3. The first kappa shape index (κ1) is 20.1. The van der Waals surface area contributed by atoms with Gasteiger partial charge in [0, 0.05) is 17.3 Å². The highest BCUT2D eigenvalue weighted by atomic mass is 32.1. The molecule has 0 saturated heterocycles. The Hall–Kier alpha value is -3.17. The van der Waals surface area contributed by atoms with Crippen molar-refractivity contribution in [3.05, 3.63) is 72.6 Å². The Balaban J connectivity index is 1.51. The number of aromatic nitrogens is 2. The highest BCUT2D eigenvalue weighted by Crippen LogP contribution is 2.36. The second-order valence-electron chi connectivity index (χ2n) is 6.45. The number of fused-ring (bicyclic) bond motifs is 1. The van der Waals surface area contributed by atoms with Crippen molar-refractivity contribution in [3.8, 4) is 16.3 Å². The molecule has 4 rings (SSSR count). The molecule has 9 heteroatoms. The molecule has 2 aromatic heterocycles. The molecule has 0 aliphatic heterocycles. The third-order valence-corrected chi connectivity index (χ3v) is 5.44. The number of benzene rings is 2. The topological polar surface area (TPSA) is 67.3 Å². The zero-order valence-electron chi connectivity index (χ0n) is 15.4. The smallest absolute Gasteiger partial charge is 0.406 e. The molecule has 154 valence electrons. The monoisotopic (exact) mass is 431 g/mol. The summed E-state index contributed by atoms with van der Waals surface area (Å²) in [5, 5.41) is 14.0. The molecule has 0 saturated carbocycles. The number of nitrogens with zero attached hydrogens (tertiary/aromatic N) is 2. The van der Waals surface area contributed by atoms with Gasteiger partial charge in [-0.15, -0.1) is 24.5 Å². The Morgan fingerprint density at radius 2 is 1.83 bits per heavy atom. The van der Waals surface area contributed by atoms with E-state index in [-0.39, 0.29) is 12.3 Å². The fraction of sp³-hybridized carbons (Fsp3) is 0.143. The van der Waals surface area contributed by atoms with Gasteiger partial charge in [0.1, 0.15) is 17.9 Å². The van der Waals surface area contributed by atoms with Crippen LogP contribution in [-0.2, 0) is 0 Å². The second kappa shape index (κ2) is 8.29.